The van der Waals surface area contributed by atoms with E-state index in [1.54, 1.807) is 53.4 Å². The molecule has 0 bridgehead atoms. The summed E-state index contributed by atoms with van der Waals surface area (Å²) in [6.07, 6.45) is 1.11. The molecule has 0 unspecified atom stereocenters. The number of amides is 2. The lowest BCUT2D eigenvalue weighted by molar-refractivity contribution is -0.151. The standard InChI is InChI=1S/C41H41FN4O5Si/c1-26-38(52(2,3)42)36(21-37(48)44-24-30-15-8-7-13-28(30)19-32(44)25-47)51-41(26)34-20-31(46-39(49)33-16-10-9-14-29(33)22-43-46)17-18-35(34)45(40(41)50)23-27-11-5-4-6-12-27/h4-18,20,22,26,32,36,38,47H,19,21,23-25H2,1-3H3/t26-,32+,36+,38-,41+/m1/s1. The van der Waals surface area contributed by atoms with Crippen molar-refractivity contribution in [1.29, 1.82) is 0 Å². The highest BCUT2D eigenvalue weighted by atomic mass is 28.4. The van der Waals surface area contributed by atoms with Crippen LogP contribution in [0.4, 0.5) is 9.80 Å². The van der Waals surface area contributed by atoms with E-state index in [-0.39, 0.29) is 36.9 Å². The van der Waals surface area contributed by atoms with Gasteiger partial charge in [0, 0.05) is 29.0 Å². The van der Waals surface area contributed by atoms with Crippen LogP contribution < -0.4 is 10.5 Å². The number of rotatable bonds is 7. The van der Waals surface area contributed by atoms with Crippen LogP contribution in [-0.2, 0) is 39.4 Å². The van der Waals surface area contributed by atoms with Gasteiger partial charge in [-0.2, -0.15) is 9.78 Å². The highest BCUT2D eigenvalue weighted by Crippen LogP contribution is 2.60. The molecule has 0 saturated carbocycles. The largest absolute Gasteiger partial charge is 0.394 e. The van der Waals surface area contributed by atoms with Crippen LogP contribution in [-0.4, -0.2) is 58.8 Å². The zero-order valence-electron chi connectivity index (χ0n) is 29.4. The number of halogens is 1. The molecule has 2 amide bonds. The fraction of sp³-hybridized carbons (Fsp3) is 0.317. The number of hydrogen-bond acceptors (Lipinski definition) is 6. The smallest absolute Gasteiger partial charge is 0.279 e. The number of anilines is 1. The fourth-order valence-electron chi connectivity index (χ4n) is 8.90. The van der Waals surface area contributed by atoms with Gasteiger partial charge in [-0.15, -0.1) is 0 Å². The van der Waals surface area contributed by atoms with Gasteiger partial charge in [-0.1, -0.05) is 79.7 Å². The van der Waals surface area contributed by atoms with Gasteiger partial charge in [0.25, 0.3) is 11.5 Å². The third-order valence-electron chi connectivity index (χ3n) is 11.3. The lowest BCUT2D eigenvalue weighted by Crippen LogP contribution is -2.48. The summed E-state index contributed by atoms with van der Waals surface area (Å²) in [4.78, 5) is 46.3. The van der Waals surface area contributed by atoms with Crippen LogP contribution in [0.3, 0.4) is 0 Å². The molecule has 8 rings (SSSR count). The number of ether oxygens (including phenoxy) is 1. The van der Waals surface area contributed by atoms with Crippen molar-refractivity contribution in [2.45, 2.75) is 69.2 Å². The number of aromatic nitrogens is 2. The predicted molar refractivity (Wildman–Crippen MR) is 199 cm³/mol. The Balaban J connectivity index is 1.22. The molecule has 1 spiro atoms. The number of fused-ring (bicyclic) bond motifs is 4. The Kier molecular flexibility index (Phi) is 8.47. The molecule has 4 heterocycles. The molecule has 11 heteroatoms. The van der Waals surface area contributed by atoms with Crippen molar-refractivity contribution in [3.8, 4) is 5.69 Å². The topological polar surface area (TPSA) is 105 Å². The fourth-order valence-corrected chi connectivity index (χ4v) is 11.4. The summed E-state index contributed by atoms with van der Waals surface area (Å²) in [5.41, 5.74) is 1.96. The van der Waals surface area contributed by atoms with Gasteiger partial charge in [0.2, 0.25) is 14.3 Å². The van der Waals surface area contributed by atoms with Crippen molar-refractivity contribution in [2.75, 3.05) is 11.5 Å². The van der Waals surface area contributed by atoms with Crippen LogP contribution in [0.15, 0.2) is 108 Å². The van der Waals surface area contributed by atoms with E-state index >= 15 is 8.90 Å². The maximum atomic E-state index is 16.7. The number of hydrogen-bond donors (Lipinski definition) is 1. The van der Waals surface area contributed by atoms with Crippen LogP contribution >= 0.6 is 0 Å². The highest BCUT2D eigenvalue weighted by Gasteiger charge is 2.67. The Morgan fingerprint density at radius 1 is 0.981 bits per heavy atom. The minimum absolute atomic E-state index is 0.136. The minimum Gasteiger partial charge on any atom is -0.394 e. The number of aliphatic hydroxyl groups excluding tert-OH is 1. The van der Waals surface area contributed by atoms with Gasteiger partial charge in [-0.3, -0.25) is 14.4 Å². The van der Waals surface area contributed by atoms with E-state index in [2.05, 4.69) is 5.10 Å². The van der Waals surface area contributed by atoms with Gasteiger partial charge in [0.1, 0.15) is 0 Å². The van der Waals surface area contributed by atoms with E-state index in [0.29, 0.717) is 40.7 Å². The first-order valence-corrected chi connectivity index (χ1v) is 20.8. The highest BCUT2D eigenvalue weighted by molar-refractivity contribution is 6.72. The average molecular weight is 717 g/mol. The second kappa shape index (κ2) is 12.9. The van der Waals surface area contributed by atoms with Crippen LogP contribution in [0.5, 0.6) is 0 Å². The van der Waals surface area contributed by atoms with Crippen molar-refractivity contribution in [2.24, 2.45) is 5.92 Å². The summed E-state index contributed by atoms with van der Waals surface area (Å²) in [5.74, 6) is -1.22. The lowest BCUT2D eigenvalue weighted by Gasteiger charge is -2.37. The van der Waals surface area contributed by atoms with E-state index < -0.39 is 37.6 Å². The first kappa shape index (κ1) is 34.1. The number of carbonyl (C=O) groups excluding carboxylic acids is 2. The zero-order valence-corrected chi connectivity index (χ0v) is 30.4. The summed E-state index contributed by atoms with van der Waals surface area (Å²) in [7, 11) is -3.59. The lowest BCUT2D eigenvalue weighted by atomic mass is 9.82. The summed E-state index contributed by atoms with van der Waals surface area (Å²) < 4.78 is 24.9. The molecule has 3 aliphatic heterocycles. The first-order chi connectivity index (χ1) is 25.0. The van der Waals surface area contributed by atoms with Crippen molar-refractivity contribution < 1.29 is 23.5 Å². The van der Waals surface area contributed by atoms with Gasteiger partial charge >= 0.3 is 0 Å². The first-order valence-electron chi connectivity index (χ1n) is 17.8. The van der Waals surface area contributed by atoms with E-state index in [1.807, 2.05) is 79.7 Å². The molecule has 3 aliphatic rings. The van der Waals surface area contributed by atoms with Crippen molar-refractivity contribution in [3.05, 3.63) is 136 Å². The van der Waals surface area contributed by atoms with Gasteiger partial charge in [-0.05, 0) is 60.5 Å². The van der Waals surface area contributed by atoms with Crippen molar-refractivity contribution >= 4 is 36.7 Å². The van der Waals surface area contributed by atoms with E-state index in [9.17, 15) is 14.7 Å². The normalized spacial score (nSPS) is 24.1. The molecule has 0 aliphatic carbocycles. The second-order valence-electron chi connectivity index (χ2n) is 14.8. The molecule has 4 aromatic carbocycles. The number of aliphatic hydroxyl groups is 1. The molecule has 9 nitrogen and oxygen atoms in total. The van der Waals surface area contributed by atoms with Crippen LogP contribution in [0.1, 0.15) is 35.6 Å². The maximum Gasteiger partial charge on any atom is 0.279 e. The summed E-state index contributed by atoms with van der Waals surface area (Å²) in [6.45, 7) is 5.46. The molecule has 0 radical (unpaired) electrons. The van der Waals surface area contributed by atoms with E-state index in [4.69, 9.17) is 4.74 Å². The molecular weight excluding hydrogens is 676 g/mol. The average Bonchev–Trinajstić information content (AvgIpc) is 3.57. The van der Waals surface area contributed by atoms with Gasteiger partial charge < -0.3 is 23.8 Å². The molecule has 5 atom stereocenters. The third-order valence-corrected chi connectivity index (χ3v) is 13.8. The van der Waals surface area contributed by atoms with Crippen LogP contribution in [0.25, 0.3) is 16.5 Å². The molecular formula is C41H41FN4O5Si. The molecule has 1 saturated heterocycles. The Labute approximate surface area is 302 Å². The van der Waals surface area contributed by atoms with Gasteiger partial charge in [-0.25, -0.2) is 0 Å². The quantitative estimate of drug-likeness (QED) is 0.163. The number of benzene rings is 4. The molecule has 52 heavy (non-hydrogen) atoms. The van der Waals surface area contributed by atoms with E-state index in [1.165, 1.54) is 4.68 Å². The molecule has 1 aromatic heterocycles. The summed E-state index contributed by atoms with van der Waals surface area (Å²) in [5, 5.41) is 16.0. The summed E-state index contributed by atoms with van der Waals surface area (Å²) in [6, 6.07) is 29.7. The second-order valence-corrected chi connectivity index (χ2v) is 18.6. The predicted octanol–water partition coefficient (Wildman–Crippen LogP) is 6.04. The Bertz CT molecular complexity index is 2260. The molecule has 266 valence electrons. The Morgan fingerprint density at radius 2 is 1.69 bits per heavy atom. The minimum atomic E-state index is -3.59. The molecule has 1 fully saturated rings. The molecule has 5 aromatic rings. The van der Waals surface area contributed by atoms with Crippen molar-refractivity contribution in [1.82, 2.24) is 14.7 Å². The number of carbonyl (C=O) groups is 2. The zero-order chi connectivity index (χ0) is 36.4. The number of nitrogens with zero attached hydrogens (tertiary/aromatic N) is 4. The molecule has 1 N–H and O–H groups in total. The third kappa shape index (κ3) is 5.50. The SMILES string of the molecule is C[C@@H]1[C@@H]([Si](C)(C)F)[C@H](CC(=O)N2Cc3ccccc3C[C@H]2CO)O[C@@]12C(=O)N(Cc1ccccc1)c1ccc(-n3ncc4ccccc4c3=O)cc12. The van der Waals surface area contributed by atoms with E-state index in [0.717, 1.165) is 16.7 Å². The maximum absolute atomic E-state index is 16.7. The Morgan fingerprint density at radius 3 is 2.44 bits per heavy atom. The Hall–Kier alpha value is -4.97. The summed E-state index contributed by atoms with van der Waals surface area (Å²) >= 11 is 0. The van der Waals surface area contributed by atoms with Gasteiger partial charge in [0.05, 0.1) is 54.7 Å². The van der Waals surface area contributed by atoms with Crippen molar-refractivity contribution in [3.63, 3.8) is 0 Å². The van der Waals surface area contributed by atoms with Crippen LogP contribution in [0, 0.1) is 5.92 Å². The van der Waals surface area contributed by atoms with Gasteiger partial charge in [0.15, 0.2) is 5.60 Å². The van der Waals surface area contributed by atoms with Crippen LogP contribution in [0.2, 0.25) is 18.6 Å². The monoisotopic (exact) mass is 716 g/mol.